The lowest BCUT2D eigenvalue weighted by atomic mass is 10.3. The zero-order valence-corrected chi connectivity index (χ0v) is 11.2. The first kappa shape index (κ1) is 14.0. The Labute approximate surface area is 113 Å². The fraction of sp³-hybridized carbons (Fsp3) is 0.545. The van der Waals surface area contributed by atoms with E-state index in [-0.39, 0.29) is 0 Å². The molecule has 2 aromatic heterocycles. The summed E-state index contributed by atoms with van der Waals surface area (Å²) in [5, 5.41) is 3.83. The monoisotopic (exact) mass is 288 g/mol. The van der Waals surface area contributed by atoms with Crippen LogP contribution in [0.1, 0.15) is 37.4 Å². The van der Waals surface area contributed by atoms with Crippen LogP contribution in [-0.2, 0) is 17.9 Å². The number of imidazole rings is 1. The molecule has 0 spiro atoms. The average Bonchev–Trinajstić information content (AvgIpc) is 2.99. The topological polar surface area (TPSA) is 56.7 Å². The van der Waals surface area contributed by atoms with Gasteiger partial charge >= 0.3 is 6.55 Å². The molecule has 2 heterocycles. The number of nitrogens with zero attached hydrogens (tertiary/aromatic N) is 4. The number of halogens is 2. The normalized spacial score (nSPS) is 11.4. The number of aryl methyl sites for hydroxylation is 1. The molecule has 0 unspecified atom stereocenters. The molecule has 0 N–H and O–H groups in total. The molecular weight excluding hydrogens is 274 g/mol. The van der Waals surface area contributed by atoms with E-state index in [1.165, 1.54) is 24.2 Å². The molecule has 2 rings (SSSR count). The maximum Gasteiger partial charge on any atom is 0.319 e. The fourth-order valence-electron chi connectivity index (χ4n) is 1.53. The van der Waals surface area contributed by atoms with Crippen molar-refractivity contribution in [3.8, 4) is 0 Å². The van der Waals surface area contributed by atoms with E-state index >= 15 is 0 Å². The highest BCUT2D eigenvalue weighted by Crippen LogP contribution is 2.19. The zero-order chi connectivity index (χ0) is 13.7. The smallest absolute Gasteiger partial charge is 0.319 e. The predicted molar refractivity (Wildman–Crippen MR) is 66.8 cm³/mol. The SMILES string of the molecule is CCCc1nc(CSCc2nccn2C(F)F)no1. The summed E-state index contributed by atoms with van der Waals surface area (Å²) in [4.78, 5) is 8.10. The van der Waals surface area contributed by atoms with E-state index in [0.717, 1.165) is 17.4 Å². The molecule has 0 bridgehead atoms. The van der Waals surface area contributed by atoms with E-state index in [4.69, 9.17) is 4.52 Å². The van der Waals surface area contributed by atoms with Gasteiger partial charge in [0.25, 0.3) is 0 Å². The first-order valence-corrected chi connectivity index (χ1v) is 7.05. The lowest BCUT2D eigenvalue weighted by Crippen LogP contribution is -2.02. The van der Waals surface area contributed by atoms with Crippen LogP contribution in [0.15, 0.2) is 16.9 Å². The average molecular weight is 288 g/mol. The van der Waals surface area contributed by atoms with Crippen LogP contribution in [0.3, 0.4) is 0 Å². The van der Waals surface area contributed by atoms with Gasteiger partial charge in [0.15, 0.2) is 5.82 Å². The Kier molecular flexibility index (Phi) is 4.89. The van der Waals surface area contributed by atoms with Crippen molar-refractivity contribution in [2.45, 2.75) is 37.8 Å². The van der Waals surface area contributed by atoms with Gasteiger partial charge in [-0.3, -0.25) is 4.57 Å². The van der Waals surface area contributed by atoms with E-state index in [0.29, 0.717) is 29.0 Å². The molecule has 0 radical (unpaired) electrons. The summed E-state index contributed by atoms with van der Waals surface area (Å²) in [5.74, 6) is 2.45. The van der Waals surface area contributed by atoms with Crippen molar-refractivity contribution in [3.05, 3.63) is 29.9 Å². The molecule has 0 atom stereocenters. The second-order valence-electron chi connectivity index (χ2n) is 3.88. The quantitative estimate of drug-likeness (QED) is 0.783. The molecule has 0 amide bonds. The van der Waals surface area contributed by atoms with Crippen molar-refractivity contribution >= 4 is 11.8 Å². The summed E-state index contributed by atoms with van der Waals surface area (Å²) in [6.45, 7) is -0.526. The van der Waals surface area contributed by atoms with Crippen molar-refractivity contribution in [3.63, 3.8) is 0 Å². The molecule has 0 aliphatic carbocycles. The van der Waals surface area contributed by atoms with E-state index < -0.39 is 6.55 Å². The van der Waals surface area contributed by atoms with Crippen molar-refractivity contribution < 1.29 is 13.3 Å². The van der Waals surface area contributed by atoms with Crippen LogP contribution in [0.4, 0.5) is 8.78 Å². The summed E-state index contributed by atoms with van der Waals surface area (Å²) in [6.07, 6.45) is 4.35. The number of hydrogen-bond donors (Lipinski definition) is 0. The second kappa shape index (κ2) is 6.65. The summed E-state index contributed by atoms with van der Waals surface area (Å²) in [5.41, 5.74) is 0. The first-order chi connectivity index (χ1) is 9.20. The van der Waals surface area contributed by atoms with Gasteiger partial charge in [0, 0.05) is 18.8 Å². The molecule has 8 heteroatoms. The number of thioether (sulfide) groups is 1. The summed E-state index contributed by atoms with van der Waals surface area (Å²) in [7, 11) is 0. The van der Waals surface area contributed by atoms with Gasteiger partial charge in [-0.2, -0.15) is 13.8 Å². The molecular formula is C11H14F2N4OS. The van der Waals surface area contributed by atoms with Crippen LogP contribution >= 0.6 is 11.8 Å². The maximum atomic E-state index is 12.6. The molecule has 104 valence electrons. The van der Waals surface area contributed by atoms with Crippen molar-refractivity contribution in [1.29, 1.82) is 0 Å². The van der Waals surface area contributed by atoms with E-state index in [9.17, 15) is 8.78 Å². The number of hydrogen-bond acceptors (Lipinski definition) is 5. The minimum atomic E-state index is -2.56. The van der Waals surface area contributed by atoms with Gasteiger partial charge in [-0.1, -0.05) is 12.1 Å². The van der Waals surface area contributed by atoms with Crippen LogP contribution in [0, 0.1) is 0 Å². The second-order valence-corrected chi connectivity index (χ2v) is 4.86. The van der Waals surface area contributed by atoms with Crippen LogP contribution in [0.2, 0.25) is 0 Å². The van der Waals surface area contributed by atoms with Crippen molar-refractivity contribution in [2.24, 2.45) is 0 Å². The number of alkyl halides is 2. The minimum absolute atomic E-state index is 0.345. The van der Waals surface area contributed by atoms with Gasteiger partial charge in [-0.25, -0.2) is 4.98 Å². The third kappa shape index (κ3) is 3.76. The van der Waals surface area contributed by atoms with Gasteiger partial charge in [0.05, 0.1) is 11.5 Å². The van der Waals surface area contributed by atoms with Gasteiger partial charge in [0.1, 0.15) is 5.82 Å². The van der Waals surface area contributed by atoms with Crippen molar-refractivity contribution in [1.82, 2.24) is 19.7 Å². The largest absolute Gasteiger partial charge is 0.339 e. The Bertz CT molecular complexity index is 514. The number of rotatable bonds is 7. The highest BCUT2D eigenvalue weighted by molar-refractivity contribution is 7.97. The lowest BCUT2D eigenvalue weighted by Gasteiger charge is -2.04. The van der Waals surface area contributed by atoms with Gasteiger partial charge in [0.2, 0.25) is 5.89 Å². The zero-order valence-electron chi connectivity index (χ0n) is 10.4. The molecule has 19 heavy (non-hydrogen) atoms. The molecule has 5 nitrogen and oxygen atoms in total. The third-order valence-corrected chi connectivity index (χ3v) is 3.32. The van der Waals surface area contributed by atoms with Crippen LogP contribution in [0.25, 0.3) is 0 Å². The highest BCUT2D eigenvalue weighted by Gasteiger charge is 2.12. The molecule has 0 aliphatic heterocycles. The third-order valence-electron chi connectivity index (χ3n) is 2.40. The van der Waals surface area contributed by atoms with Crippen LogP contribution in [-0.4, -0.2) is 19.7 Å². The molecule has 0 fully saturated rings. The number of aromatic nitrogens is 4. The van der Waals surface area contributed by atoms with Gasteiger partial charge in [-0.15, -0.1) is 11.8 Å². The van der Waals surface area contributed by atoms with E-state index in [1.807, 2.05) is 6.92 Å². The standard InChI is InChI=1S/C11H14F2N4OS/c1-2-3-10-15-8(16-18-10)6-19-7-9-14-4-5-17(9)11(12)13/h4-5,11H,2-3,6-7H2,1H3. The molecule has 0 aliphatic rings. The van der Waals surface area contributed by atoms with E-state index in [2.05, 4.69) is 15.1 Å². The molecule has 2 aromatic rings. The highest BCUT2D eigenvalue weighted by atomic mass is 32.2. The van der Waals surface area contributed by atoms with Gasteiger partial charge < -0.3 is 4.52 Å². The Morgan fingerprint density at radius 1 is 1.42 bits per heavy atom. The van der Waals surface area contributed by atoms with E-state index in [1.54, 1.807) is 0 Å². The van der Waals surface area contributed by atoms with Crippen molar-refractivity contribution in [2.75, 3.05) is 0 Å². The predicted octanol–water partition coefficient (Wildman–Crippen LogP) is 3.05. The maximum absolute atomic E-state index is 12.6. The Balaban J connectivity index is 1.84. The Hall–Kier alpha value is -1.44. The van der Waals surface area contributed by atoms with Gasteiger partial charge in [-0.05, 0) is 6.42 Å². The summed E-state index contributed by atoms with van der Waals surface area (Å²) in [6, 6.07) is 0. The fourth-order valence-corrected chi connectivity index (χ4v) is 2.34. The minimum Gasteiger partial charge on any atom is -0.339 e. The van der Waals surface area contributed by atoms with Crippen LogP contribution < -0.4 is 0 Å². The lowest BCUT2D eigenvalue weighted by molar-refractivity contribution is 0.0678. The Morgan fingerprint density at radius 2 is 2.26 bits per heavy atom. The molecule has 0 saturated carbocycles. The molecule has 0 aromatic carbocycles. The summed E-state index contributed by atoms with van der Waals surface area (Å²) >= 11 is 1.43. The summed E-state index contributed by atoms with van der Waals surface area (Å²) < 4.78 is 31.0. The van der Waals surface area contributed by atoms with Crippen LogP contribution in [0.5, 0.6) is 0 Å². The molecule has 0 saturated heterocycles. The Morgan fingerprint density at radius 3 is 3.00 bits per heavy atom. The first-order valence-electron chi connectivity index (χ1n) is 5.89.